The smallest absolute Gasteiger partial charge is 0.352 e. The minimum atomic E-state index is -4.46. The quantitative estimate of drug-likeness (QED) is 0.764. The zero-order chi connectivity index (χ0) is 20.0. The Morgan fingerprint density at radius 1 is 1.07 bits per heavy atom. The monoisotopic (exact) mass is 393 g/mol. The summed E-state index contributed by atoms with van der Waals surface area (Å²) < 4.78 is 38.2. The SMILES string of the molecule is O=C(NCCCN1CCN(c2ncccn2)CC1)c1cccc(C(F)(F)F)c1. The lowest BCUT2D eigenvalue weighted by molar-refractivity contribution is -0.137. The number of amides is 1. The molecule has 28 heavy (non-hydrogen) atoms. The van der Waals surface area contributed by atoms with E-state index in [1.165, 1.54) is 12.1 Å². The number of carbonyl (C=O) groups excluding carboxylic acids is 1. The number of nitrogens with one attached hydrogen (secondary N) is 1. The normalized spacial score (nSPS) is 15.5. The van der Waals surface area contributed by atoms with E-state index in [2.05, 4.69) is 25.1 Å². The summed E-state index contributed by atoms with van der Waals surface area (Å²) in [7, 11) is 0. The van der Waals surface area contributed by atoms with Crippen molar-refractivity contribution in [3.8, 4) is 0 Å². The number of nitrogens with zero attached hydrogens (tertiary/aromatic N) is 4. The number of piperazine rings is 1. The molecule has 1 aromatic carbocycles. The molecule has 6 nitrogen and oxygen atoms in total. The zero-order valence-electron chi connectivity index (χ0n) is 15.3. The van der Waals surface area contributed by atoms with Crippen molar-refractivity contribution in [1.82, 2.24) is 20.2 Å². The summed E-state index contributed by atoms with van der Waals surface area (Å²) in [6.45, 7) is 4.64. The topological polar surface area (TPSA) is 61.4 Å². The lowest BCUT2D eigenvalue weighted by atomic mass is 10.1. The summed E-state index contributed by atoms with van der Waals surface area (Å²) >= 11 is 0. The molecule has 1 saturated heterocycles. The molecule has 0 aliphatic carbocycles. The van der Waals surface area contributed by atoms with Gasteiger partial charge in [0.25, 0.3) is 5.91 Å². The van der Waals surface area contributed by atoms with Crippen LogP contribution in [0.4, 0.5) is 19.1 Å². The maximum Gasteiger partial charge on any atom is 0.416 e. The van der Waals surface area contributed by atoms with Crippen molar-refractivity contribution in [2.45, 2.75) is 12.6 Å². The van der Waals surface area contributed by atoms with Crippen molar-refractivity contribution in [1.29, 1.82) is 0 Å². The van der Waals surface area contributed by atoms with Crippen LogP contribution in [-0.2, 0) is 6.18 Å². The fraction of sp³-hybridized carbons (Fsp3) is 0.421. The molecule has 3 rings (SSSR count). The number of halogens is 3. The maximum atomic E-state index is 12.7. The molecule has 150 valence electrons. The molecule has 0 atom stereocenters. The highest BCUT2D eigenvalue weighted by atomic mass is 19.4. The second-order valence-corrected chi connectivity index (χ2v) is 6.57. The van der Waals surface area contributed by atoms with Gasteiger partial charge in [-0.15, -0.1) is 0 Å². The summed E-state index contributed by atoms with van der Waals surface area (Å²) in [6.07, 6.45) is -0.278. The number of rotatable bonds is 6. The van der Waals surface area contributed by atoms with E-state index in [1.807, 2.05) is 0 Å². The Morgan fingerprint density at radius 3 is 2.46 bits per heavy atom. The Morgan fingerprint density at radius 2 is 1.79 bits per heavy atom. The van der Waals surface area contributed by atoms with Gasteiger partial charge in [-0.25, -0.2) is 9.97 Å². The van der Waals surface area contributed by atoms with Crippen LogP contribution in [0.2, 0.25) is 0 Å². The molecule has 2 heterocycles. The van der Waals surface area contributed by atoms with E-state index >= 15 is 0 Å². The molecule has 1 aromatic heterocycles. The number of hydrogen-bond donors (Lipinski definition) is 1. The van der Waals surface area contributed by atoms with Gasteiger partial charge in [0, 0.05) is 50.7 Å². The molecule has 1 fully saturated rings. The maximum absolute atomic E-state index is 12.7. The predicted octanol–water partition coefficient (Wildman–Crippen LogP) is 2.44. The van der Waals surface area contributed by atoms with Gasteiger partial charge in [0.2, 0.25) is 5.95 Å². The molecule has 1 aliphatic rings. The first kappa shape index (κ1) is 20.1. The van der Waals surface area contributed by atoms with Crippen molar-refractivity contribution in [3.05, 3.63) is 53.9 Å². The van der Waals surface area contributed by atoms with Crippen molar-refractivity contribution >= 4 is 11.9 Å². The third-order valence-electron chi connectivity index (χ3n) is 4.60. The Balaban J connectivity index is 1.38. The van der Waals surface area contributed by atoms with E-state index < -0.39 is 17.6 Å². The van der Waals surface area contributed by atoms with E-state index in [0.29, 0.717) is 6.54 Å². The average molecular weight is 393 g/mol. The Bertz CT molecular complexity index is 777. The molecule has 9 heteroatoms. The lowest BCUT2D eigenvalue weighted by Gasteiger charge is -2.34. The van der Waals surface area contributed by atoms with Crippen molar-refractivity contribution in [3.63, 3.8) is 0 Å². The summed E-state index contributed by atoms with van der Waals surface area (Å²) in [6, 6.07) is 6.24. The van der Waals surface area contributed by atoms with Crippen LogP contribution < -0.4 is 10.2 Å². The number of hydrogen-bond acceptors (Lipinski definition) is 5. The van der Waals surface area contributed by atoms with E-state index in [9.17, 15) is 18.0 Å². The van der Waals surface area contributed by atoms with E-state index in [1.54, 1.807) is 18.5 Å². The van der Waals surface area contributed by atoms with Crippen molar-refractivity contribution in [2.24, 2.45) is 0 Å². The highest BCUT2D eigenvalue weighted by Crippen LogP contribution is 2.29. The average Bonchev–Trinajstić information content (AvgIpc) is 2.71. The highest BCUT2D eigenvalue weighted by Gasteiger charge is 2.30. The third-order valence-corrected chi connectivity index (χ3v) is 4.60. The van der Waals surface area contributed by atoms with Gasteiger partial charge in [-0.1, -0.05) is 6.07 Å². The van der Waals surface area contributed by atoms with E-state index in [-0.39, 0.29) is 5.56 Å². The van der Waals surface area contributed by atoms with Crippen LogP contribution in [0.5, 0.6) is 0 Å². The standard InChI is InChI=1S/C19H22F3N5O/c20-19(21,22)16-5-1-4-15(14-16)17(28)23-8-3-9-26-10-12-27(13-11-26)18-24-6-2-7-25-18/h1-2,4-7,14H,3,8-13H2,(H,23,28). The molecule has 1 aliphatic heterocycles. The largest absolute Gasteiger partial charge is 0.416 e. The number of alkyl halides is 3. The van der Waals surface area contributed by atoms with Gasteiger partial charge < -0.3 is 10.2 Å². The lowest BCUT2D eigenvalue weighted by Crippen LogP contribution is -2.47. The summed E-state index contributed by atoms with van der Waals surface area (Å²) in [5, 5.41) is 2.69. The number of aromatic nitrogens is 2. The van der Waals surface area contributed by atoms with Gasteiger partial charge in [0.1, 0.15) is 0 Å². The van der Waals surface area contributed by atoms with Crippen LogP contribution in [0.3, 0.4) is 0 Å². The molecular weight excluding hydrogens is 371 g/mol. The summed E-state index contributed by atoms with van der Waals surface area (Å²) in [4.78, 5) is 25.0. The van der Waals surface area contributed by atoms with Gasteiger partial charge in [0.05, 0.1) is 5.56 Å². The van der Waals surface area contributed by atoms with E-state index in [4.69, 9.17) is 0 Å². The first-order valence-electron chi connectivity index (χ1n) is 9.13. The number of benzene rings is 1. The van der Waals surface area contributed by atoms with Crippen molar-refractivity contribution < 1.29 is 18.0 Å². The first-order chi connectivity index (χ1) is 13.4. The number of anilines is 1. The minimum Gasteiger partial charge on any atom is -0.352 e. The molecule has 0 saturated carbocycles. The Kier molecular flexibility index (Phi) is 6.45. The molecule has 0 spiro atoms. The molecule has 0 unspecified atom stereocenters. The molecule has 1 amide bonds. The van der Waals surface area contributed by atoms with Gasteiger partial charge in [-0.05, 0) is 37.2 Å². The summed E-state index contributed by atoms with van der Waals surface area (Å²) in [5.74, 6) is 0.243. The molecular formula is C19H22F3N5O. The first-order valence-corrected chi connectivity index (χ1v) is 9.13. The highest BCUT2D eigenvalue weighted by molar-refractivity contribution is 5.94. The minimum absolute atomic E-state index is 0.0197. The van der Waals surface area contributed by atoms with Crippen LogP contribution in [0.1, 0.15) is 22.3 Å². The molecule has 0 radical (unpaired) electrons. The predicted molar refractivity (Wildman–Crippen MR) is 99.1 cm³/mol. The van der Waals surface area contributed by atoms with Crippen LogP contribution in [0.25, 0.3) is 0 Å². The van der Waals surface area contributed by atoms with Gasteiger partial charge >= 0.3 is 6.18 Å². The second-order valence-electron chi connectivity index (χ2n) is 6.57. The van der Waals surface area contributed by atoms with Crippen LogP contribution in [-0.4, -0.2) is 60.0 Å². The number of carbonyl (C=O) groups is 1. The van der Waals surface area contributed by atoms with Crippen LogP contribution in [0, 0.1) is 0 Å². The van der Waals surface area contributed by atoms with Gasteiger partial charge in [0.15, 0.2) is 0 Å². The van der Waals surface area contributed by atoms with Crippen LogP contribution in [0.15, 0.2) is 42.7 Å². The Hall–Kier alpha value is -2.68. The van der Waals surface area contributed by atoms with Gasteiger partial charge in [-0.3, -0.25) is 9.69 Å². The fourth-order valence-corrected chi connectivity index (χ4v) is 3.07. The third kappa shape index (κ3) is 5.41. The summed E-state index contributed by atoms with van der Waals surface area (Å²) in [5.41, 5.74) is -0.799. The fourth-order valence-electron chi connectivity index (χ4n) is 3.07. The van der Waals surface area contributed by atoms with E-state index in [0.717, 1.165) is 57.2 Å². The second kappa shape index (κ2) is 9.01. The van der Waals surface area contributed by atoms with Gasteiger partial charge in [-0.2, -0.15) is 13.2 Å². The van der Waals surface area contributed by atoms with Crippen LogP contribution >= 0.6 is 0 Å². The zero-order valence-corrected chi connectivity index (χ0v) is 15.3. The molecule has 2 aromatic rings. The van der Waals surface area contributed by atoms with Crippen molar-refractivity contribution in [2.75, 3.05) is 44.2 Å². The molecule has 0 bridgehead atoms. The molecule has 1 N–H and O–H groups in total. The Labute approximate surface area is 161 Å².